The number of amides is 2. The first-order valence-corrected chi connectivity index (χ1v) is 9.39. The Hall–Kier alpha value is -3.03. The van der Waals surface area contributed by atoms with Gasteiger partial charge >= 0.3 is 12.2 Å². The maximum Gasteiger partial charge on any atom is 0.429 e. The van der Waals surface area contributed by atoms with E-state index in [4.69, 9.17) is 13.9 Å². The Morgan fingerprint density at radius 2 is 1.66 bits per heavy atom. The quantitative estimate of drug-likeness (QED) is 0.759. The second-order valence-electron chi connectivity index (χ2n) is 8.56. The molecule has 2 rings (SSSR count). The largest absolute Gasteiger partial charge is 0.443 e. The Balaban J connectivity index is 2.10. The molecule has 0 spiro atoms. The van der Waals surface area contributed by atoms with Crippen LogP contribution >= 0.6 is 0 Å². The van der Waals surface area contributed by atoms with Gasteiger partial charge < -0.3 is 13.9 Å². The molecule has 2 amide bonds. The normalized spacial score (nSPS) is 11.7. The van der Waals surface area contributed by atoms with Gasteiger partial charge in [-0.3, -0.25) is 0 Å². The fraction of sp³-hybridized carbons (Fsp3) is 0.476. The number of aromatic nitrogens is 1. The Labute approximate surface area is 171 Å². The number of ether oxygens (including phenoxy) is 2. The van der Waals surface area contributed by atoms with Crippen LogP contribution in [0.5, 0.6) is 0 Å². The smallest absolute Gasteiger partial charge is 0.429 e. The molecule has 0 unspecified atom stereocenters. The van der Waals surface area contributed by atoms with Crippen molar-refractivity contribution in [2.45, 2.75) is 65.7 Å². The van der Waals surface area contributed by atoms with Gasteiger partial charge in [0.1, 0.15) is 23.5 Å². The van der Waals surface area contributed by atoms with Gasteiger partial charge in [-0.1, -0.05) is 30.3 Å². The first-order valence-electron chi connectivity index (χ1n) is 9.39. The molecule has 0 aliphatic heterocycles. The molecule has 29 heavy (non-hydrogen) atoms. The molecule has 0 bridgehead atoms. The van der Waals surface area contributed by atoms with Crippen LogP contribution in [0.1, 0.15) is 58.8 Å². The van der Waals surface area contributed by atoms with E-state index < -0.39 is 23.4 Å². The zero-order valence-corrected chi connectivity index (χ0v) is 17.8. The standard InChI is InChI=1S/C21H29N3O5/c1-20(2,3)28-18(25)23-24(19(26)29-21(4,5)6)14-16-13-22-17(27-16)12-15-10-8-7-9-11-15/h7-11,13H,12,14H2,1-6H3,(H,23,25). The summed E-state index contributed by atoms with van der Waals surface area (Å²) < 4.78 is 16.3. The summed E-state index contributed by atoms with van der Waals surface area (Å²) in [5.41, 5.74) is 2.02. The number of hydrazine groups is 1. The number of carbonyl (C=O) groups is 2. The lowest BCUT2D eigenvalue weighted by molar-refractivity contribution is -0.00208. The van der Waals surface area contributed by atoms with Crippen molar-refractivity contribution in [2.75, 3.05) is 0 Å². The zero-order chi connectivity index (χ0) is 21.7. The summed E-state index contributed by atoms with van der Waals surface area (Å²) >= 11 is 0. The van der Waals surface area contributed by atoms with Gasteiger partial charge in [0.25, 0.3) is 0 Å². The van der Waals surface area contributed by atoms with Crippen molar-refractivity contribution in [3.05, 3.63) is 53.7 Å². The molecular formula is C21H29N3O5. The van der Waals surface area contributed by atoms with Gasteiger partial charge in [-0.2, -0.15) is 0 Å². The highest BCUT2D eigenvalue weighted by atomic mass is 16.6. The maximum atomic E-state index is 12.5. The van der Waals surface area contributed by atoms with Gasteiger partial charge in [-0.05, 0) is 47.1 Å². The third-order valence-electron chi connectivity index (χ3n) is 3.35. The number of benzene rings is 1. The molecule has 0 fully saturated rings. The van der Waals surface area contributed by atoms with Gasteiger partial charge in [0.15, 0.2) is 5.89 Å². The topological polar surface area (TPSA) is 93.9 Å². The average molecular weight is 403 g/mol. The Morgan fingerprint density at radius 3 is 2.24 bits per heavy atom. The fourth-order valence-electron chi connectivity index (χ4n) is 2.31. The fourth-order valence-corrected chi connectivity index (χ4v) is 2.31. The van der Waals surface area contributed by atoms with E-state index in [0.29, 0.717) is 18.1 Å². The van der Waals surface area contributed by atoms with Crippen molar-refractivity contribution in [3.63, 3.8) is 0 Å². The van der Waals surface area contributed by atoms with Crippen LogP contribution < -0.4 is 5.43 Å². The van der Waals surface area contributed by atoms with Gasteiger partial charge in [0.2, 0.25) is 0 Å². The molecule has 0 aliphatic rings. The molecule has 8 heteroatoms. The predicted octanol–water partition coefficient (Wildman–Crippen LogP) is 4.44. The van der Waals surface area contributed by atoms with E-state index >= 15 is 0 Å². The molecule has 0 aliphatic carbocycles. The van der Waals surface area contributed by atoms with Crippen LogP contribution in [0.2, 0.25) is 0 Å². The summed E-state index contributed by atoms with van der Waals surface area (Å²) in [7, 11) is 0. The highest BCUT2D eigenvalue weighted by Crippen LogP contribution is 2.15. The molecule has 8 nitrogen and oxygen atoms in total. The van der Waals surface area contributed by atoms with Crippen molar-refractivity contribution in [2.24, 2.45) is 0 Å². The molecule has 2 aromatic rings. The molecule has 1 aromatic heterocycles. The van der Waals surface area contributed by atoms with Crippen LogP contribution in [0.4, 0.5) is 9.59 Å². The molecule has 1 N–H and O–H groups in total. The lowest BCUT2D eigenvalue weighted by atomic mass is 10.2. The van der Waals surface area contributed by atoms with Crippen molar-refractivity contribution in [1.82, 2.24) is 15.4 Å². The highest BCUT2D eigenvalue weighted by Gasteiger charge is 2.27. The maximum absolute atomic E-state index is 12.5. The van der Waals surface area contributed by atoms with Gasteiger partial charge in [0.05, 0.1) is 6.20 Å². The van der Waals surface area contributed by atoms with Crippen LogP contribution in [0.3, 0.4) is 0 Å². The molecule has 158 valence electrons. The van der Waals surface area contributed by atoms with Crippen LogP contribution in [0.15, 0.2) is 40.9 Å². The van der Waals surface area contributed by atoms with E-state index in [1.165, 1.54) is 6.20 Å². The summed E-state index contributed by atoms with van der Waals surface area (Å²) in [6.45, 7) is 10.4. The predicted molar refractivity (Wildman–Crippen MR) is 107 cm³/mol. The van der Waals surface area contributed by atoms with Crippen LogP contribution in [-0.2, 0) is 22.4 Å². The molecule has 1 heterocycles. The number of nitrogens with zero attached hydrogens (tertiary/aromatic N) is 2. The molecule has 1 aromatic carbocycles. The van der Waals surface area contributed by atoms with E-state index in [1.54, 1.807) is 41.5 Å². The van der Waals surface area contributed by atoms with Crippen molar-refractivity contribution in [1.29, 1.82) is 0 Å². The molecule has 0 atom stereocenters. The second kappa shape index (κ2) is 8.98. The average Bonchev–Trinajstić information content (AvgIpc) is 2.99. The minimum atomic E-state index is -0.771. The van der Waals surface area contributed by atoms with Gasteiger partial charge in [0, 0.05) is 6.42 Å². The number of hydrogen-bond donors (Lipinski definition) is 1. The molecule has 0 saturated heterocycles. The summed E-state index contributed by atoms with van der Waals surface area (Å²) in [5.74, 6) is 0.908. The van der Waals surface area contributed by atoms with E-state index in [0.717, 1.165) is 10.6 Å². The minimum Gasteiger partial charge on any atom is -0.443 e. The van der Waals surface area contributed by atoms with Gasteiger partial charge in [-0.25, -0.2) is 25.0 Å². The van der Waals surface area contributed by atoms with Gasteiger partial charge in [-0.15, -0.1) is 0 Å². The van der Waals surface area contributed by atoms with E-state index in [2.05, 4.69) is 10.4 Å². The lowest BCUT2D eigenvalue weighted by Gasteiger charge is -2.28. The van der Waals surface area contributed by atoms with Crippen LogP contribution in [0, 0.1) is 0 Å². The number of oxazole rings is 1. The summed E-state index contributed by atoms with van der Waals surface area (Å²) in [5, 5.41) is 1.01. The Bertz CT molecular complexity index is 819. The van der Waals surface area contributed by atoms with E-state index in [1.807, 2.05) is 30.3 Å². The van der Waals surface area contributed by atoms with E-state index in [9.17, 15) is 9.59 Å². The Morgan fingerprint density at radius 1 is 1.03 bits per heavy atom. The van der Waals surface area contributed by atoms with Crippen LogP contribution in [0.25, 0.3) is 0 Å². The van der Waals surface area contributed by atoms with Crippen LogP contribution in [-0.4, -0.2) is 33.4 Å². The molecular weight excluding hydrogens is 374 g/mol. The molecule has 0 saturated carbocycles. The number of carbonyl (C=O) groups excluding carboxylic acids is 2. The molecule has 0 radical (unpaired) electrons. The van der Waals surface area contributed by atoms with Crippen molar-refractivity contribution in [3.8, 4) is 0 Å². The van der Waals surface area contributed by atoms with Crippen molar-refractivity contribution >= 4 is 12.2 Å². The highest BCUT2D eigenvalue weighted by molar-refractivity contribution is 5.74. The first-order chi connectivity index (χ1) is 13.4. The number of hydrogen-bond acceptors (Lipinski definition) is 6. The summed E-state index contributed by atoms with van der Waals surface area (Å²) in [6.07, 6.45) is 0.538. The zero-order valence-electron chi connectivity index (χ0n) is 17.8. The third kappa shape index (κ3) is 8.25. The minimum absolute atomic E-state index is 0.0596. The van der Waals surface area contributed by atoms with E-state index in [-0.39, 0.29) is 6.54 Å². The SMILES string of the molecule is CC(C)(C)OC(=O)NN(Cc1cnc(Cc2ccccc2)o1)C(=O)OC(C)(C)C. The Kier molecular flexibility index (Phi) is 6.89. The third-order valence-corrected chi connectivity index (χ3v) is 3.35. The first kappa shape index (κ1) is 22.3. The lowest BCUT2D eigenvalue weighted by Crippen LogP contribution is -2.49. The monoisotopic (exact) mass is 403 g/mol. The summed E-state index contributed by atoms with van der Waals surface area (Å²) in [6, 6.07) is 9.76. The number of nitrogens with one attached hydrogen (secondary N) is 1. The van der Waals surface area contributed by atoms with Crippen molar-refractivity contribution < 1.29 is 23.5 Å². The number of rotatable bonds is 4. The summed E-state index contributed by atoms with van der Waals surface area (Å²) in [4.78, 5) is 28.9. The second-order valence-corrected chi connectivity index (χ2v) is 8.56.